The third-order valence-corrected chi connectivity index (χ3v) is 1.78. The summed E-state index contributed by atoms with van der Waals surface area (Å²) >= 11 is 5.73. The molecule has 1 rings (SSSR count). The third-order valence-electron chi connectivity index (χ3n) is 1.44. The summed E-state index contributed by atoms with van der Waals surface area (Å²) in [4.78, 5) is 8.56. The molecule has 1 aromatic rings. The van der Waals surface area contributed by atoms with Crippen LogP contribution in [0.2, 0.25) is 5.02 Å². The molecule has 6 heteroatoms. The minimum absolute atomic E-state index is 0.302. The van der Waals surface area contributed by atoms with Gasteiger partial charge >= 0.3 is 6.16 Å². The molecule has 0 heterocycles. The molecule has 0 radical (unpaired) electrons. The molecular formula is C9H11ClO5. The number of rotatable bonds is 2. The molecule has 15 heavy (non-hydrogen) atoms. The van der Waals surface area contributed by atoms with Crippen LogP contribution in [0.1, 0.15) is 11.7 Å². The van der Waals surface area contributed by atoms with E-state index in [-0.39, 0.29) is 6.61 Å². The van der Waals surface area contributed by atoms with Gasteiger partial charge in [-0.05, 0) is 6.07 Å². The number of carbonyl (C=O) groups is 1. The summed E-state index contributed by atoms with van der Waals surface area (Å²) in [6.07, 6.45) is -2.70. The van der Waals surface area contributed by atoms with Crippen molar-refractivity contribution >= 4 is 17.8 Å². The lowest BCUT2D eigenvalue weighted by Crippen LogP contribution is -2.02. The first-order valence-electron chi connectivity index (χ1n) is 3.94. The topological polar surface area (TPSA) is 98.0 Å². The van der Waals surface area contributed by atoms with Crippen LogP contribution in [0.3, 0.4) is 0 Å². The maximum atomic E-state index is 9.18. The van der Waals surface area contributed by atoms with Crippen molar-refractivity contribution in [2.24, 2.45) is 0 Å². The van der Waals surface area contributed by atoms with Gasteiger partial charge < -0.3 is 20.4 Å². The molecule has 0 bridgehead atoms. The molecule has 4 N–H and O–H groups in total. The summed E-state index contributed by atoms with van der Waals surface area (Å²) < 4.78 is 0. The van der Waals surface area contributed by atoms with Gasteiger partial charge in [-0.2, -0.15) is 0 Å². The van der Waals surface area contributed by atoms with E-state index in [4.69, 9.17) is 31.7 Å². The predicted molar refractivity (Wildman–Crippen MR) is 54.2 cm³/mol. The van der Waals surface area contributed by atoms with Crippen LogP contribution < -0.4 is 0 Å². The highest BCUT2D eigenvalue weighted by atomic mass is 35.5. The van der Waals surface area contributed by atoms with Gasteiger partial charge in [0, 0.05) is 10.6 Å². The average molecular weight is 235 g/mol. The van der Waals surface area contributed by atoms with Gasteiger partial charge in [-0.25, -0.2) is 4.79 Å². The minimum atomic E-state index is -1.83. The zero-order valence-electron chi connectivity index (χ0n) is 7.67. The van der Waals surface area contributed by atoms with Gasteiger partial charge in [-0.1, -0.05) is 29.8 Å². The summed E-state index contributed by atoms with van der Waals surface area (Å²) in [5.74, 6) is 0. The minimum Gasteiger partial charge on any atom is -0.450 e. The number of hydrogen-bond acceptors (Lipinski definition) is 3. The quantitative estimate of drug-likeness (QED) is 0.623. The zero-order valence-corrected chi connectivity index (χ0v) is 8.42. The Morgan fingerprint density at radius 3 is 2.20 bits per heavy atom. The molecule has 0 fully saturated rings. The van der Waals surface area contributed by atoms with Crippen molar-refractivity contribution in [1.82, 2.24) is 0 Å². The Morgan fingerprint density at radius 2 is 1.80 bits per heavy atom. The highest BCUT2D eigenvalue weighted by molar-refractivity contribution is 6.31. The molecule has 0 amide bonds. The number of hydrogen-bond donors (Lipinski definition) is 4. The first-order chi connectivity index (χ1) is 6.99. The van der Waals surface area contributed by atoms with Gasteiger partial charge in [-0.15, -0.1) is 0 Å². The van der Waals surface area contributed by atoms with Crippen LogP contribution in [-0.2, 0) is 0 Å². The number of carboxylic acid groups (broad SMARTS) is 2. The first-order valence-corrected chi connectivity index (χ1v) is 4.32. The molecule has 0 unspecified atom stereocenters. The highest BCUT2D eigenvalue weighted by Crippen LogP contribution is 2.21. The van der Waals surface area contributed by atoms with Crippen molar-refractivity contribution < 1.29 is 25.2 Å². The molecule has 0 aromatic heterocycles. The van der Waals surface area contributed by atoms with Crippen molar-refractivity contribution in [2.75, 3.05) is 6.61 Å². The molecule has 5 nitrogen and oxygen atoms in total. The summed E-state index contributed by atoms with van der Waals surface area (Å²) in [7, 11) is 0. The van der Waals surface area contributed by atoms with E-state index in [1.807, 2.05) is 0 Å². The second-order valence-electron chi connectivity index (χ2n) is 2.50. The standard InChI is InChI=1S/C8H9ClO2.CH2O3/c9-7-4-2-1-3-6(7)8(11)5-10;2-1(3)4/h1-4,8,10-11H,5H2;(H2,2,3,4)/t8-;/m0./s1. The summed E-state index contributed by atoms with van der Waals surface area (Å²) in [6.45, 7) is -0.302. The van der Waals surface area contributed by atoms with Gasteiger partial charge in [0.05, 0.1) is 6.61 Å². The van der Waals surface area contributed by atoms with Crippen molar-refractivity contribution in [1.29, 1.82) is 0 Å². The highest BCUT2D eigenvalue weighted by Gasteiger charge is 2.08. The van der Waals surface area contributed by atoms with Gasteiger partial charge in [0.25, 0.3) is 0 Å². The number of aliphatic hydroxyl groups excluding tert-OH is 2. The van der Waals surface area contributed by atoms with E-state index in [1.165, 1.54) is 0 Å². The maximum absolute atomic E-state index is 9.18. The van der Waals surface area contributed by atoms with Crippen LogP contribution in [0.4, 0.5) is 4.79 Å². The molecule has 84 valence electrons. The number of benzene rings is 1. The van der Waals surface area contributed by atoms with E-state index in [0.29, 0.717) is 10.6 Å². The molecule has 0 saturated carbocycles. The smallest absolute Gasteiger partial charge is 0.450 e. The van der Waals surface area contributed by atoms with E-state index in [1.54, 1.807) is 24.3 Å². The van der Waals surface area contributed by atoms with Crippen molar-refractivity contribution in [3.8, 4) is 0 Å². The van der Waals surface area contributed by atoms with Crippen LogP contribution in [0, 0.1) is 0 Å². The summed E-state index contributed by atoms with van der Waals surface area (Å²) in [5.41, 5.74) is 0.566. The molecule has 1 atom stereocenters. The fourth-order valence-electron chi connectivity index (χ4n) is 0.844. The fourth-order valence-corrected chi connectivity index (χ4v) is 1.11. The van der Waals surface area contributed by atoms with Crippen molar-refractivity contribution in [3.63, 3.8) is 0 Å². The predicted octanol–water partition coefficient (Wildman–Crippen LogP) is 1.59. The lowest BCUT2D eigenvalue weighted by molar-refractivity contribution is 0.0957. The molecule has 0 aliphatic heterocycles. The van der Waals surface area contributed by atoms with E-state index < -0.39 is 12.3 Å². The lowest BCUT2D eigenvalue weighted by atomic mass is 10.1. The molecule has 1 aromatic carbocycles. The largest absolute Gasteiger partial charge is 0.503 e. The van der Waals surface area contributed by atoms with Gasteiger partial charge in [0.2, 0.25) is 0 Å². The second kappa shape index (κ2) is 7.05. The monoisotopic (exact) mass is 234 g/mol. The van der Waals surface area contributed by atoms with Crippen LogP contribution in [0.5, 0.6) is 0 Å². The number of halogens is 1. The molecule has 0 aliphatic rings. The van der Waals surface area contributed by atoms with Crippen molar-refractivity contribution in [3.05, 3.63) is 34.9 Å². The first kappa shape index (κ1) is 13.7. The summed E-state index contributed by atoms with van der Waals surface area (Å²) in [6, 6.07) is 6.90. The van der Waals surface area contributed by atoms with Gasteiger partial charge in [0.15, 0.2) is 0 Å². The summed E-state index contributed by atoms with van der Waals surface area (Å²) in [5, 5.41) is 32.2. The Morgan fingerprint density at radius 1 is 1.33 bits per heavy atom. The van der Waals surface area contributed by atoms with E-state index in [2.05, 4.69) is 0 Å². The third kappa shape index (κ3) is 5.90. The Kier molecular flexibility index (Phi) is 6.44. The normalized spacial score (nSPS) is 11.1. The Balaban J connectivity index is 0.000000423. The van der Waals surface area contributed by atoms with Gasteiger partial charge in [-0.3, -0.25) is 0 Å². The molecule has 0 aliphatic carbocycles. The van der Waals surface area contributed by atoms with Crippen molar-refractivity contribution in [2.45, 2.75) is 6.10 Å². The Labute approximate surface area is 91.2 Å². The SMILES string of the molecule is O=C(O)O.OC[C@H](O)c1ccccc1Cl. The van der Waals surface area contributed by atoms with E-state index in [0.717, 1.165) is 0 Å². The van der Waals surface area contributed by atoms with E-state index in [9.17, 15) is 5.11 Å². The van der Waals surface area contributed by atoms with Crippen LogP contribution >= 0.6 is 11.6 Å². The average Bonchev–Trinajstić information content (AvgIpc) is 2.16. The lowest BCUT2D eigenvalue weighted by Gasteiger charge is -2.08. The Bertz CT molecular complexity index is 311. The maximum Gasteiger partial charge on any atom is 0.503 e. The second-order valence-corrected chi connectivity index (χ2v) is 2.91. The molecular weight excluding hydrogens is 224 g/mol. The van der Waals surface area contributed by atoms with Crippen LogP contribution in [0.25, 0.3) is 0 Å². The van der Waals surface area contributed by atoms with E-state index >= 15 is 0 Å². The fraction of sp³-hybridized carbons (Fsp3) is 0.222. The molecule has 0 saturated heterocycles. The van der Waals surface area contributed by atoms with Crippen LogP contribution in [0.15, 0.2) is 24.3 Å². The Hall–Kier alpha value is -1.30. The number of aliphatic hydroxyl groups is 2. The zero-order chi connectivity index (χ0) is 11.8. The van der Waals surface area contributed by atoms with Gasteiger partial charge in [0.1, 0.15) is 6.10 Å². The molecule has 0 spiro atoms. The van der Waals surface area contributed by atoms with Crippen LogP contribution in [-0.4, -0.2) is 33.2 Å².